The van der Waals surface area contributed by atoms with E-state index in [2.05, 4.69) is 24.3 Å². The SMILES string of the molecule is C1=CC2C(C=C1)C21OCCO1. The van der Waals surface area contributed by atoms with Gasteiger partial charge in [0.05, 0.1) is 13.2 Å². The first kappa shape index (κ1) is 5.98. The molecule has 1 heterocycles. The monoisotopic (exact) mass is 150 g/mol. The summed E-state index contributed by atoms with van der Waals surface area (Å²) in [5.74, 6) is 0.758. The molecule has 1 spiro atoms. The van der Waals surface area contributed by atoms with Gasteiger partial charge in [0, 0.05) is 11.8 Å². The van der Waals surface area contributed by atoms with E-state index in [1.54, 1.807) is 0 Å². The standard InChI is InChI=1S/C9H10O2/c1-2-4-8-7(3-1)9(8)10-5-6-11-9/h1-4,7-8H,5-6H2. The summed E-state index contributed by atoms with van der Waals surface area (Å²) in [6, 6.07) is 0. The van der Waals surface area contributed by atoms with Crippen molar-refractivity contribution in [3.63, 3.8) is 0 Å². The summed E-state index contributed by atoms with van der Waals surface area (Å²) < 4.78 is 11.1. The minimum atomic E-state index is -0.233. The molecule has 2 atom stereocenters. The van der Waals surface area contributed by atoms with E-state index in [0.29, 0.717) is 11.8 Å². The molecule has 0 aromatic heterocycles. The molecule has 3 aliphatic rings. The smallest absolute Gasteiger partial charge is 0.182 e. The highest BCUT2D eigenvalue weighted by molar-refractivity contribution is 5.30. The Morgan fingerprint density at radius 2 is 1.55 bits per heavy atom. The summed E-state index contributed by atoms with van der Waals surface area (Å²) >= 11 is 0. The summed E-state index contributed by atoms with van der Waals surface area (Å²) in [5.41, 5.74) is 0. The van der Waals surface area contributed by atoms with Gasteiger partial charge < -0.3 is 9.47 Å². The lowest BCUT2D eigenvalue weighted by Crippen LogP contribution is -2.12. The van der Waals surface area contributed by atoms with Crippen LogP contribution in [0, 0.1) is 11.8 Å². The number of allylic oxidation sites excluding steroid dienone is 2. The molecule has 1 aliphatic heterocycles. The van der Waals surface area contributed by atoms with Gasteiger partial charge in [0.25, 0.3) is 0 Å². The van der Waals surface area contributed by atoms with Crippen molar-refractivity contribution in [3.05, 3.63) is 24.3 Å². The van der Waals surface area contributed by atoms with Gasteiger partial charge in [-0.15, -0.1) is 0 Å². The third-order valence-corrected chi connectivity index (χ3v) is 2.69. The van der Waals surface area contributed by atoms with Crippen LogP contribution in [0.2, 0.25) is 0 Å². The molecule has 0 radical (unpaired) electrons. The van der Waals surface area contributed by atoms with Gasteiger partial charge in [0.1, 0.15) is 0 Å². The van der Waals surface area contributed by atoms with Crippen LogP contribution in [-0.4, -0.2) is 19.0 Å². The highest BCUT2D eigenvalue weighted by Crippen LogP contribution is 2.58. The Balaban J connectivity index is 1.93. The third-order valence-electron chi connectivity index (χ3n) is 2.69. The summed E-state index contributed by atoms with van der Waals surface area (Å²) in [4.78, 5) is 0. The average Bonchev–Trinajstić information content (AvgIpc) is 2.43. The molecule has 0 aromatic carbocycles. The summed E-state index contributed by atoms with van der Waals surface area (Å²) in [6.45, 7) is 1.52. The fourth-order valence-electron chi connectivity index (χ4n) is 2.10. The second-order valence-electron chi connectivity index (χ2n) is 3.24. The molecule has 2 fully saturated rings. The molecule has 2 aliphatic carbocycles. The van der Waals surface area contributed by atoms with Gasteiger partial charge in [-0.05, 0) is 0 Å². The van der Waals surface area contributed by atoms with Crippen molar-refractivity contribution in [1.29, 1.82) is 0 Å². The Bertz CT molecular complexity index is 216. The molecular weight excluding hydrogens is 140 g/mol. The quantitative estimate of drug-likeness (QED) is 0.515. The van der Waals surface area contributed by atoms with Gasteiger partial charge in [-0.25, -0.2) is 0 Å². The first-order chi connectivity index (χ1) is 5.43. The molecule has 1 saturated heterocycles. The lowest BCUT2D eigenvalue weighted by atomic mass is 10.2. The van der Waals surface area contributed by atoms with Crippen LogP contribution in [0.15, 0.2) is 24.3 Å². The van der Waals surface area contributed by atoms with E-state index >= 15 is 0 Å². The van der Waals surface area contributed by atoms with Crippen LogP contribution in [0.4, 0.5) is 0 Å². The van der Waals surface area contributed by atoms with Crippen LogP contribution < -0.4 is 0 Å². The summed E-state index contributed by atoms with van der Waals surface area (Å²) in [6.07, 6.45) is 8.49. The molecule has 0 amide bonds. The maximum Gasteiger partial charge on any atom is 0.182 e. The van der Waals surface area contributed by atoms with Crippen LogP contribution in [0.5, 0.6) is 0 Å². The van der Waals surface area contributed by atoms with Crippen LogP contribution in [0.3, 0.4) is 0 Å². The molecule has 3 rings (SSSR count). The van der Waals surface area contributed by atoms with Crippen molar-refractivity contribution >= 4 is 0 Å². The first-order valence-corrected chi connectivity index (χ1v) is 4.06. The van der Waals surface area contributed by atoms with Crippen LogP contribution in [0.1, 0.15) is 0 Å². The van der Waals surface area contributed by atoms with Crippen molar-refractivity contribution in [2.24, 2.45) is 11.8 Å². The van der Waals surface area contributed by atoms with Gasteiger partial charge >= 0.3 is 0 Å². The van der Waals surface area contributed by atoms with Crippen molar-refractivity contribution in [2.45, 2.75) is 5.79 Å². The topological polar surface area (TPSA) is 18.5 Å². The lowest BCUT2D eigenvalue weighted by Gasteiger charge is -2.05. The fourth-order valence-corrected chi connectivity index (χ4v) is 2.10. The molecule has 1 saturated carbocycles. The molecule has 2 unspecified atom stereocenters. The van der Waals surface area contributed by atoms with E-state index in [1.807, 2.05) is 0 Å². The van der Waals surface area contributed by atoms with Crippen molar-refractivity contribution in [2.75, 3.05) is 13.2 Å². The second-order valence-corrected chi connectivity index (χ2v) is 3.24. The maximum absolute atomic E-state index is 5.57. The van der Waals surface area contributed by atoms with E-state index < -0.39 is 0 Å². The first-order valence-electron chi connectivity index (χ1n) is 4.06. The minimum absolute atomic E-state index is 0.233. The highest BCUT2D eigenvalue weighted by atomic mass is 16.7. The fraction of sp³-hybridized carbons (Fsp3) is 0.556. The number of fused-ring (bicyclic) bond motifs is 3. The Kier molecular flexibility index (Phi) is 0.957. The van der Waals surface area contributed by atoms with Crippen LogP contribution >= 0.6 is 0 Å². The van der Waals surface area contributed by atoms with E-state index in [9.17, 15) is 0 Å². The average molecular weight is 150 g/mol. The Morgan fingerprint density at radius 1 is 1.00 bits per heavy atom. The Hall–Kier alpha value is -0.600. The minimum Gasteiger partial charge on any atom is -0.346 e. The molecule has 2 nitrogen and oxygen atoms in total. The zero-order valence-electron chi connectivity index (χ0n) is 6.19. The molecular formula is C9H10O2. The second kappa shape index (κ2) is 1.76. The Labute approximate surface area is 65.5 Å². The van der Waals surface area contributed by atoms with E-state index in [4.69, 9.17) is 9.47 Å². The predicted octanol–water partition coefficient (Wildman–Crippen LogP) is 1.10. The Morgan fingerprint density at radius 3 is 2.09 bits per heavy atom. The van der Waals surface area contributed by atoms with Crippen LogP contribution in [-0.2, 0) is 9.47 Å². The predicted molar refractivity (Wildman–Crippen MR) is 39.9 cm³/mol. The van der Waals surface area contributed by atoms with Gasteiger partial charge in [-0.1, -0.05) is 24.3 Å². The number of hydrogen-bond acceptors (Lipinski definition) is 2. The molecule has 2 heteroatoms. The number of ether oxygens (including phenoxy) is 2. The summed E-state index contributed by atoms with van der Waals surface area (Å²) in [5, 5.41) is 0. The van der Waals surface area contributed by atoms with Crippen molar-refractivity contribution < 1.29 is 9.47 Å². The maximum atomic E-state index is 5.57. The van der Waals surface area contributed by atoms with Gasteiger partial charge in [0.15, 0.2) is 5.79 Å². The third kappa shape index (κ3) is 0.596. The molecule has 0 N–H and O–H groups in total. The van der Waals surface area contributed by atoms with Crippen LogP contribution in [0.25, 0.3) is 0 Å². The number of hydrogen-bond donors (Lipinski definition) is 0. The van der Waals surface area contributed by atoms with E-state index in [1.165, 1.54) is 0 Å². The normalized spacial score (nSPS) is 42.9. The lowest BCUT2D eigenvalue weighted by molar-refractivity contribution is -0.0845. The number of rotatable bonds is 0. The van der Waals surface area contributed by atoms with Crippen molar-refractivity contribution in [3.8, 4) is 0 Å². The summed E-state index contributed by atoms with van der Waals surface area (Å²) in [7, 11) is 0. The highest BCUT2D eigenvalue weighted by Gasteiger charge is 2.67. The zero-order valence-corrected chi connectivity index (χ0v) is 6.19. The molecule has 11 heavy (non-hydrogen) atoms. The molecule has 58 valence electrons. The van der Waals surface area contributed by atoms with Gasteiger partial charge in [-0.2, -0.15) is 0 Å². The zero-order chi connectivity index (χ0) is 7.31. The molecule has 0 bridgehead atoms. The van der Waals surface area contributed by atoms with E-state index in [-0.39, 0.29) is 5.79 Å². The van der Waals surface area contributed by atoms with Gasteiger partial charge in [0.2, 0.25) is 0 Å². The van der Waals surface area contributed by atoms with E-state index in [0.717, 1.165) is 13.2 Å². The largest absolute Gasteiger partial charge is 0.346 e. The van der Waals surface area contributed by atoms with Crippen molar-refractivity contribution in [1.82, 2.24) is 0 Å². The molecule has 0 aromatic rings. The van der Waals surface area contributed by atoms with Gasteiger partial charge in [-0.3, -0.25) is 0 Å².